The predicted octanol–water partition coefficient (Wildman–Crippen LogP) is 2.43. The number of halogens is 1. The number of hydrogen-bond acceptors (Lipinski definition) is 6. The Labute approximate surface area is 131 Å². The van der Waals surface area contributed by atoms with Crippen molar-refractivity contribution in [3.8, 4) is 17.4 Å². The van der Waals surface area contributed by atoms with E-state index in [2.05, 4.69) is 63.3 Å². The number of hydrogen-bond donors (Lipinski definition) is 1. The molecule has 0 bridgehead atoms. The maximum absolute atomic E-state index is 5.99. The first-order valence-electron chi connectivity index (χ1n) is 6.03. The minimum Gasteiger partial charge on any atom is -0.481 e. The fourth-order valence-corrected chi connectivity index (χ4v) is 2.70. The second kappa shape index (κ2) is 5.47. The van der Waals surface area contributed by atoms with Crippen molar-refractivity contribution in [3.63, 3.8) is 0 Å². The summed E-state index contributed by atoms with van der Waals surface area (Å²) in [6.07, 6.45) is 1.42. The zero-order valence-corrected chi connectivity index (χ0v) is 14.0. The molecule has 7 heteroatoms. The molecule has 2 aromatic heterocycles. The van der Waals surface area contributed by atoms with Crippen LogP contribution in [0, 0.1) is 3.57 Å². The van der Waals surface area contributed by atoms with Crippen LogP contribution in [0.15, 0.2) is 12.4 Å². The van der Waals surface area contributed by atoms with Crippen LogP contribution in [-0.2, 0) is 5.41 Å². The van der Waals surface area contributed by atoms with Crippen molar-refractivity contribution in [1.82, 2.24) is 19.9 Å². The van der Waals surface area contributed by atoms with Crippen molar-refractivity contribution in [2.75, 3.05) is 12.8 Å². The first kappa shape index (κ1) is 14.9. The van der Waals surface area contributed by atoms with Gasteiger partial charge < -0.3 is 10.5 Å². The molecule has 0 fully saturated rings. The van der Waals surface area contributed by atoms with E-state index in [-0.39, 0.29) is 5.41 Å². The molecule has 0 saturated heterocycles. The van der Waals surface area contributed by atoms with Gasteiger partial charge in [-0.3, -0.25) is 0 Å². The third-order valence-corrected chi connectivity index (χ3v) is 3.73. The van der Waals surface area contributed by atoms with E-state index in [0.29, 0.717) is 23.2 Å². The molecule has 0 radical (unpaired) electrons. The Hall–Kier alpha value is -1.51. The lowest BCUT2D eigenvalue weighted by Gasteiger charge is -2.20. The van der Waals surface area contributed by atoms with Crippen LogP contribution >= 0.6 is 22.6 Å². The smallest absolute Gasteiger partial charge is 0.216 e. The van der Waals surface area contributed by atoms with Gasteiger partial charge in [-0.25, -0.2) is 19.9 Å². The van der Waals surface area contributed by atoms with E-state index < -0.39 is 0 Å². The SMILES string of the molecule is COc1cc(-c2nc(N)c(I)c(C(C)(C)C)n2)ncn1. The van der Waals surface area contributed by atoms with Crippen molar-refractivity contribution in [2.24, 2.45) is 0 Å². The average molecular weight is 385 g/mol. The van der Waals surface area contributed by atoms with E-state index in [9.17, 15) is 0 Å². The Kier molecular flexibility index (Phi) is 4.07. The summed E-state index contributed by atoms with van der Waals surface area (Å²) < 4.78 is 5.96. The second-order valence-electron chi connectivity index (χ2n) is 5.29. The van der Waals surface area contributed by atoms with Crippen molar-refractivity contribution >= 4 is 28.4 Å². The maximum Gasteiger partial charge on any atom is 0.216 e. The van der Waals surface area contributed by atoms with E-state index in [1.165, 1.54) is 6.33 Å². The van der Waals surface area contributed by atoms with Crippen molar-refractivity contribution < 1.29 is 4.74 Å². The van der Waals surface area contributed by atoms with E-state index in [1.54, 1.807) is 13.2 Å². The Morgan fingerprint density at radius 2 is 1.90 bits per heavy atom. The summed E-state index contributed by atoms with van der Waals surface area (Å²) in [7, 11) is 1.55. The summed E-state index contributed by atoms with van der Waals surface area (Å²) in [5.41, 5.74) is 7.36. The van der Waals surface area contributed by atoms with Gasteiger partial charge in [-0.2, -0.15) is 0 Å². The molecule has 20 heavy (non-hydrogen) atoms. The Bertz CT molecular complexity index is 639. The van der Waals surface area contributed by atoms with Crippen LogP contribution in [0.4, 0.5) is 5.82 Å². The van der Waals surface area contributed by atoms with Crippen LogP contribution in [0.3, 0.4) is 0 Å². The highest BCUT2D eigenvalue weighted by molar-refractivity contribution is 14.1. The van der Waals surface area contributed by atoms with Gasteiger partial charge in [-0.15, -0.1) is 0 Å². The Morgan fingerprint density at radius 3 is 2.50 bits per heavy atom. The molecular weight excluding hydrogens is 369 g/mol. The third-order valence-electron chi connectivity index (χ3n) is 2.67. The molecule has 6 nitrogen and oxygen atoms in total. The summed E-state index contributed by atoms with van der Waals surface area (Å²) in [5.74, 6) is 1.40. The van der Waals surface area contributed by atoms with E-state index >= 15 is 0 Å². The lowest BCUT2D eigenvalue weighted by Crippen LogP contribution is -2.18. The summed E-state index contributed by atoms with van der Waals surface area (Å²) in [6, 6.07) is 1.69. The number of nitrogens with two attached hydrogens (primary N) is 1. The molecule has 0 aliphatic heterocycles. The molecule has 2 heterocycles. The number of nitrogen functional groups attached to an aromatic ring is 1. The van der Waals surface area contributed by atoms with E-state index in [0.717, 1.165) is 9.26 Å². The highest BCUT2D eigenvalue weighted by atomic mass is 127. The highest BCUT2D eigenvalue weighted by Crippen LogP contribution is 2.30. The number of anilines is 1. The van der Waals surface area contributed by atoms with Gasteiger partial charge in [0.05, 0.1) is 16.4 Å². The quantitative estimate of drug-likeness (QED) is 0.800. The van der Waals surface area contributed by atoms with Gasteiger partial charge in [0, 0.05) is 11.5 Å². The molecule has 0 aliphatic rings. The van der Waals surface area contributed by atoms with Crippen LogP contribution in [0.25, 0.3) is 11.5 Å². The van der Waals surface area contributed by atoms with E-state index in [1.807, 2.05) is 0 Å². The van der Waals surface area contributed by atoms with Gasteiger partial charge in [-0.1, -0.05) is 20.8 Å². The number of ether oxygens (including phenoxy) is 1. The number of rotatable bonds is 2. The van der Waals surface area contributed by atoms with Crippen LogP contribution in [0.1, 0.15) is 26.5 Å². The molecule has 0 spiro atoms. The largest absolute Gasteiger partial charge is 0.481 e. The van der Waals surface area contributed by atoms with Gasteiger partial charge >= 0.3 is 0 Å². The predicted molar refractivity (Wildman–Crippen MR) is 85.4 cm³/mol. The zero-order valence-electron chi connectivity index (χ0n) is 11.8. The highest BCUT2D eigenvalue weighted by Gasteiger charge is 2.23. The van der Waals surface area contributed by atoms with Gasteiger partial charge in [0.25, 0.3) is 0 Å². The molecule has 0 atom stereocenters. The van der Waals surface area contributed by atoms with Crippen LogP contribution < -0.4 is 10.5 Å². The summed E-state index contributed by atoms with van der Waals surface area (Å²) in [6.45, 7) is 6.25. The first-order valence-corrected chi connectivity index (χ1v) is 7.10. The minimum atomic E-state index is -0.126. The van der Waals surface area contributed by atoms with Crippen molar-refractivity contribution in [3.05, 3.63) is 21.7 Å². The van der Waals surface area contributed by atoms with E-state index in [4.69, 9.17) is 10.5 Å². The number of nitrogens with zero attached hydrogens (tertiary/aromatic N) is 4. The molecule has 2 aromatic rings. The average Bonchev–Trinajstić information content (AvgIpc) is 2.40. The molecule has 0 amide bonds. The maximum atomic E-state index is 5.99. The monoisotopic (exact) mass is 385 g/mol. The number of methoxy groups -OCH3 is 1. The van der Waals surface area contributed by atoms with Gasteiger partial charge in [0.2, 0.25) is 5.88 Å². The van der Waals surface area contributed by atoms with Crippen molar-refractivity contribution in [1.29, 1.82) is 0 Å². The Balaban J connectivity index is 2.60. The summed E-state index contributed by atoms with van der Waals surface area (Å²) in [4.78, 5) is 17.1. The fourth-order valence-electron chi connectivity index (χ4n) is 1.65. The molecular formula is C13H16IN5O. The lowest BCUT2D eigenvalue weighted by atomic mass is 9.92. The second-order valence-corrected chi connectivity index (χ2v) is 6.37. The summed E-state index contributed by atoms with van der Waals surface area (Å²) in [5, 5.41) is 0. The lowest BCUT2D eigenvalue weighted by molar-refractivity contribution is 0.397. The normalized spacial score (nSPS) is 11.4. The van der Waals surface area contributed by atoms with Gasteiger partial charge in [0.1, 0.15) is 17.8 Å². The number of aromatic nitrogens is 4. The molecule has 0 unspecified atom stereocenters. The molecule has 0 aliphatic carbocycles. The molecule has 106 valence electrons. The molecule has 0 aromatic carbocycles. The van der Waals surface area contributed by atoms with Crippen molar-refractivity contribution in [2.45, 2.75) is 26.2 Å². The van der Waals surface area contributed by atoms with Gasteiger partial charge in [-0.05, 0) is 22.6 Å². The van der Waals surface area contributed by atoms with Crippen LogP contribution in [0.2, 0.25) is 0 Å². The minimum absolute atomic E-state index is 0.126. The zero-order chi connectivity index (χ0) is 14.9. The van der Waals surface area contributed by atoms with Crippen LogP contribution in [-0.4, -0.2) is 27.0 Å². The van der Waals surface area contributed by atoms with Gasteiger partial charge in [0.15, 0.2) is 5.82 Å². The first-order chi connectivity index (χ1) is 9.32. The fraction of sp³-hybridized carbons (Fsp3) is 0.385. The molecule has 2 rings (SSSR count). The van der Waals surface area contributed by atoms with Crippen LogP contribution in [0.5, 0.6) is 5.88 Å². The molecule has 0 saturated carbocycles. The Morgan fingerprint density at radius 1 is 1.20 bits per heavy atom. The molecule has 2 N–H and O–H groups in total. The third kappa shape index (κ3) is 2.97. The standard InChI is InChI=1S/C13H16IN5O/c1-13(2,3)10-9(14)11(15)19-12(18-10)7-5-8(20-4)17-6-16-7/h5-6H,1-4H3,(H2,15,18,19). The topological polar surface area (TPSA) is 86.8 Å². The summed E-state index contributed by atoms with van der Waals surface area (Å²) >= 11 is 2.17.